The van der Waals surface area contributed by atoms with Crippen LogP contribution in [0, 0.1) is 0 Å². The molecule has 48 valence electrons. The lowest BCUT2D eigenvalue weighted by molar-refractivity contribution is 0.594. The van der Waals surface area contributed by atoms with Crippen LogP contribution in [0.15, 0.2) is 0 Å². The highest BCUT2D eigenvalue weighted by Gasteiger charge is 2.17. The monoisotopic (exact) mass is 133 g/mol. The van der Waals surface area contributed by atoms with E-state index in [0.29, 0.717) is 11.4 Å². The Balaban J connectivity index is 2.24. The number of alkyl halides is 1. The fraction of sp³-hybridized carbons (Fsp3) is 1.00. The van der Waals surface area contributed by atoms with Gasteiger partial charge in [-0.3, -0.25) is 0 Å². The number of hydrogen-bond acceptors (Lipinski definition) is 1. The molecule has 0 radical (unpaired) electrons. The maximum absolute atomic E-state index is 5.82. The molecule has 0 spiro atoms. The van der Waals surface area contributed by atoms with E-state index in [1.165, 1.54) is 12.8 Å². The van der Waals surface area contributed by atoms with Crippen molar-refractivity contribution in [1.29, 1.82) is 0 Å². The molecule has 1 rings (SSSR count). The minimum atomic E-state index is 0.303. The lowest BCUT2D eigenvalue weighted by atomic mass is 10.2. The van der Waals surface area contributed by atoms with E-state index in [1.54, 1.807) is 0 Å². The highest BCUT2D eigenvalue weighted by atomic mass is 35.5. The predicted molar refractivity (Wildman–Crippen MR) is 36.3 cm³/mol. The molecule has 2 heteroatoms. The van der Waals surface area contributed by atoms with E-state index >= 15 is 0 Å². The van der Waals surface area contributed by atoms with Gasteiger partial charge in [0.1, 0.15) is 0 Å². The molecule has 1 nitrogen and oxygen atoms in total. The first-order chi connectivity index (χ1) is 3.80. The predicted octanol–water partition coefficient (Wildman–Crippen LogP) is 1.37. The summed E-state index contributed by atoms with van der Waals surface area (Å²) in [6, 6.07) is 0.580. The van der Waals surface area contributed by atoms with Crippen molar-refractivity contribution in [2.45, 2.75) is 31.2 Å². The van der Waals surface area contributed by atoms with Crippen LogP contribution in [0.1, 0.15) is 19.8 Å². The van der Waals surface area contributed by atoms with E-state index in [9.17, 15) is 0 Å². The van der Waals surface area contributed by atoms with Crippen LogP contribution in [-0.2, 0) is 0 Å². The van der Waals surface area contributed by atoms with Crippen LogP contribution in [0.4, 0.5) is 0 Å². The summed E-state index contributed by atoms with van der Waals surface area (Å²) in [5.74, 6) is 0. The molecule has 0 amide bonds. The first-order valence-corrected chi connectivity index (χ1v) is 3.62. The van der Waals surface area contributed by atoms with Gasteiger partial charge in [-0.25, -0.2) is 0 Å². The van der Waals surface area contributed by atoms with Gasteiger partial charge in [0.25, 0.3) is 0 Å². The van der Waals surface area contributed by atoms with Gasteiger partial charge in [-0.1, -0.05) is 0 Å². The molecule has 2 atom stereocenters. The Morgan fingerprint density at radius 3 is 2.75 bits per heavy atom. The first kappa shape index (κ1) is 6.37. The summed E-state index contributed by atoms with van der Waals surface area (Å²) < 4.78 is 0. The first-order valence-electron chi connectivity index (χ1n) is 3.18. The summed E-state index contributed by atoms with van der Waals surface area (Å²) >= 11 is 5.82. The van der Waals surface area contributed by atoms with Crippen LogP contribution < -0.4 is 5.32 Å². The van der Waals surface area contributed by atoms with Crippen molar-refractivity contribution in [3.8, 4) is 0 Å². The van der Waals surface area contributed by atoms with Gasteiger partial charge < -0.3 is 5.32 Å². The Kier molecular flexibility index (Phi) is 2.15. The van der Waals surface area contributed by atoms with Crippen LogP contribution >= 0.6 is 11.6 Å². The topological polar surface area (TPSA) is 12.0 Å². The summed E-state index contributed by atoms with van der Waals surface area (Å²) in [6.07, 6.45) is 2.55. The van der Waals surface area contributed by atoms with Crippen LogP contribution in [0.3, 0.4) is 0 Å². The van der Waals surface area contributed by atoms with Gasteiger partial charge >= 0.3 is 0 Å². The van der Waals surface area contributed by atoms with E-state index in [1.807, 2.05) is 6.92 Å². The zero-order valence-electron chi connectivity index (χ0n) is 5.15. The van der Waals surface area contributed by atoms with Gasteiger partial charge in [-0.15, -0.1) is 11.6 Å². The van der Waals surface area contributed by atoms with Gasteiger partial charge in [0.05, 0.1) is 0 Å². The van der Waals surface area contributed by atoms with Crippen molar-refractivity contribution >= 4 is 11.6 Å². The molecule has 1 fully saturated rings. The maximum atomic E-state index is 5.82. The van der Waals surface area contributed by atoms with E-state index in [2.05, 4.69) is 5.32 Å². The molecule has 1 saturated heterocycles. The molecule has 0 bridgehead atoms. The van der Waals surface area contributed by atoms with Crippen molar-refractivity contribution in [3.05, 3.63) is 0 Å². The average Bonchev–Trinajstić information content (AvgIpc) is 2.12. The number of rotatable bonds is 1. The molecule has 1 N–H and O–H groups in total. The molecular formula is C6H12ClN. The van der Waals surface area contributed by atoms with Crippen molar-refractivity contribution < 1.29 is 0 Å². The Labute approximate surface area is 55.4 Å². The largest absolute Gasteiger partial charge is 0.313 e. The molecule has 1 aliphatic heterocycles. The fourth-order valence-electron chi connectivity index (χ4n) is 1.10. The van der Waals surface area contributed by atoms with Gasteiger partial charge in [-0.2, -0.15) is 0 Å². The van der Waals surface area contributed by atoms with E-state index in [-0.39, 0.29) is 0 Å². The molecule has 1 aliphatic rings. The SMILES string of the molecule is CC(Cl)C1CCCN1. The molecule has 0 aromatic heterocycles. The summed E-state index contributed by atoms with van der Waals surface area (Å²) in [6.45, 7) is 3.20. The minimum Gasteiger partial charge on any atom is -0.313 e. The molecule has 0 aromatic carbocycles. The van der Waals surface area contributed by atoms with Crippen LogP contribution in [0.2, 0.25) is 0 Å². The lowest BCUT2D eigenvalue weighted by Gasteiger charge is -2.10. The van der Waals surface area contributed by atoms with E-state index in [0.717, 1.165) is 6.54 Å². The van der Waals surface area contributed by atoms with Gasteiger partial charge in [0.2, 0.25) is 0 Å². The van der Waals surface area contributed by atoms with Crippen molar-refractivity contribution in [2.24, 2.45) is 0 Å². The average molecular weight is 134 g/mol. The van der Waals surface area contributed by atoms with Crippen LogP contribution in [0.5, 0.6) is 0 Å². The molecular weight excluding hydrogens is 122 g/mol. The molecule has 0 saturated carbocycles. The molecule has 0 aliphatic carbocycles. The Bertz CT molecular complexity index is 66.9. The standard InChI is InChI=1S/C6H12ClN/c1-5(7)6-3-2-4-8-6/h5-6,8H,2-4H2,1H3. The normalized spacial score (nSPS) is 33.0. The van der Waals surface area contributed by atoms with Gasteiger partial charge in [0.15, 0.2) is 0 Å². The number of hydrogen-bond donors (Lipinski definition) is 1. The summed E-state index contributed by atoms with van der Waals surface area (Å²) in [5.41, 5.74) is 0. The Hall–Kier alpha value is 0.250. The van der Waals surface area contributed by atoms with Crippen LogP contribution in [-0.4, -0.2) is 18.0 Å². The second kappa shape index (κ2) is 2.70. The Morgan fingerprint density at radius 2 is 2.50 bits per heavy atom. The third-order valence-electron chi connectivity index (χ3n) is 1.65. The molecule has 0 aromatic rings. The van der Waals surface area contributed by atoms with E-state index < -0.39 is 0 Å². The highest BCUT2D eigenvalue weighted by molar-refractivity contribution is 6.20. The van der Waals surface area contributed by atoms with Gasteiger partial charge in [0, 0.05) is 11.4 Å². The highest BCUT2D eigenvalue weighted by Crippen LogP contribution is 2.12. The summed E-state index contributed by atoms with van der Waals surface area (Å²) in [7, 11) is 0. The molecule has 8 heavy (non-hydrogen) atoms. The van der Waals surface area contributed by atoms with Crippen LogP contribution in [0.25, 0.3) is 0 Å². The Morgan fingerprint density at radius 1 is 1.75 bits per heavy atom. The number of nitrogens with one attached hydrogen (secondary N) is 1. The number of halogens is 1. The zero-order valence-corrected chi connectivity index (χ0v) is 5.91. The summed E-state index contributed by atoms with van der Waals surface area (Å²) in [4.78, 5) is 0. The third-order valence-corrected chi connectivity index (χ3v) is 1.96. The summed E-state index contributed by atoms with van der Waals surface area (Å²) in [5, 5.41) is 3.63. The van der Waals surface area contributed by atoms with Crippen molar-refractivity contribution in [1.82, 2.24) is 5.32 Å². The van der Waals surface area contributed by atoms with Gasteiger partial charge in [-0.05, 0) is 26.3 Å². The maximum Gasteiger partial charge on any atom is 0.0461 e. The lowest BCUT2D eigenvalue weighted by Crippen LogP contribution is -2.28. The third kappa shape index (κ3) is 1.36. The second-order valence-electron chi connectivity index (χ2n) is 2.38. The minimum absolute atomic E-state index is 0.303. The smallest absolute Gasteiger partial charge is 0.0461 e. The second-order valence-corrected chi connectivity index (χ2v) is 3.07. The molecule has 2 unspecified atom stereocenters. The van der Waals surface area contributed by atoms with Crippen molar-refractivity contribution in [2.75, 3.05) is 6.54 Å². The quantitative estimate of drug-likeness (QED) is 0.533. The molecule has 1 heterocycles. The fourth-order valence-corrected chi connectivity index (χ4v) is 1.32. The van der Waals surface area contributed by atoms with Crippen molar-refractivity contribution in [3.63, 3.8) is 0 Å². The zero-order chi connectivity index (χ0) is 5.98. The van der Waals surface area contributed by atoms with E-state index in [4.69, 9.17) is 11.6 Å².